The van der Waals surface area contributed by atoms with Crippen LogP contribution in [0.4, 0.5) is 0 Å². The summed E-state index contributed by atoms with van der Waals surface area (Å²) >= 11 is 5.34. The van der Waals surface area contributed by atoms with Crippen LogP contribution in [-0.2, 0) is 6.54 Å². The van der Waals surface area contributed by atoms with Crippen LogP contribution in [0, 0.1) is 4.77 Å². The Morgan fingerprint density at radius 1 is 1.29 bits per heavy atom. The van der Waals surface area contributed by atoms with Crippen LogP contribution in [0.25, 0.3) is 11.0 Å². The number of hydrogen-bond donors (Lipinski definition) is 1. The molecule has 0 bridgehead atoms. The average Bonchev–Trinajstić information content (AvgIpc) is 2.65. The second kappa shape index (κ2) is 5.36. The number of H-pyrrole nitrogens is 1. The Bertz CT molecular complexity index is 556. The molecule has 0 aliphatic heterocycles. The summed E-state index contributed by atoms with van der Waals surface area (Å²) < 4.78 is 8.63. The first kappa shape index (κ1) is 12.2. The summed E-state index contributed by atoms with van der Waals surface area (Å²) in [7, 11) is 0. The van der Waals surface area contributed by atoms with Crippen LogP contribution in [0.3, 0.4) is 0 Å². The largest absolute Gasteiger partial charge is 0.491 e. The van der Waals surface area contributed by atoms with Gasteiger partial charge in [-0.1, -0.05) is 19.9 Å². The van der Waals surface area contributed by atoms with Crippen LogP contribution in [0.2, 0.25) is 0 Å². The van der Waals surface area contributed by atoms with Crippen molar-refractivity contribution in [2.75, 3.05) is 6.61 Å². The first-order valence-electron chi connectivity index (χ1n) is 6.12. The molecule has 1 N–H and O–H groups in total. The normalized spacial score (nSPS) is 10.9. The summed E-state index contributed by atoms with van der Waals surface area (Å²) in [5.74, 6) is 0.894. The van der Waals surface area contributed by atoms with Crippen molar-refractivity contribution in [3.05, 3.63) is 23.0 Å². The van der Waals surface area contributed by atoms with Crippen LogP contribution in [0.1, 0.15) is 26.7 Å². The Labute approximate surface area is 106 Å². The highest BCUT2D eigenvalue weighted by Gasteiger charge is 2.08. The molecule has 1 aromatic carbocycles. The second-order valence-electron chi connectivity index (χ2n) is 4.08. The maximum absolute atomic E-state index is 5.72. The molecule has 4 heteroatoms. The average molecular weight is 250 g/mol. The lowest BCUT2D eigenvalue weighted by atomic mass is 10.3. The van der Waals surface area contributed by atoms with Gasteiger partial charge < -0.3 is 14.3 Å². The number of para-hydroxylation sites is 1. The highest BCUT2D eigenvalue weighted by atomic mass is 32.1. The van der Waals surface area contributed by atoms with Gasteiger partial charge in [0.25, 0.3) is 0 Å². The molecule has 92 valence electrons. The highest BCUT2D eigenvalue weighted by molar-refractivity contribution is 7.71. The zero-order valence-electron chi connectivity index (χ0n) is 10.3. The van der Waals surface area contributed by atoms with E-state index in [0.717, 1.165) is 47.5 Å². The number of aromatic amines is 1. The molecule has 0 spiro atoms. The van der Waals surface area contributed by atoms with Crippen molar-refractivity contribution in [1.29, 1.82) is 0 Å². The molecule has 0 saturated carbocycles. The van der Waals surface area contributed by atoms with E-state index in [1.165, 1.54) is 0 Å². The van der Waals surface area contributed by atoms with E-state index in [0.29, 0.717) is 0 Å². The van der Waals surface area contributed by atoms with Gasteiger partial charge in [-0.15, -0.1) is 0 Å². The Kier molecular flexibility index (Phi) is 3.84. The van der Waals surface area contributed by atoms with Gasteiger partial charge in [-0.05, 0) is 37.2 Å². The van der Waals surface area contributed by atoms with Crippen molar-refractivity contribution in [2.45, 2.75) is 33.2 Å². The van der Waals surface area contributed by atoms with Crippen molar-refractivity contribution < 1.29 is 4.74 Å². The minimum Gasteiger partial charge on any atom is -0.491 e. The van der Waals surface area contributed by atoms with Crippen LogP contribution < -0.4 is 4.74 Å². The molecule has 0 atom stereocenters. The molecule has 0 saturated heterocycles. The lowest BCUT2D eigenvalue weighted by Gasteiger charge is -2.06. The molecule has 2 rings (SSSR count). The van der Waals surface area contributed by atoms with E-state index < -0.39 is 0 Å². The van der Waals surface area contributed by atoms with Gasteiger partial charge in [-0.2, -0.15) is 0 Å². The van der Waals surface area contributed by atoms with Crippen LogP contribution in [0.5, 0.6) is 5.75 Å². The monoisotopic (exact) mass is 250 g/mol. The van der Waals surface area contributed by atoms with E-state index in [1.54, 1.807) is 0 Å². The minimum atomic E-state index is 0.735. The number of nitrogens with one attached hydrogen (secondary N) is 1. The van der Waals surface area contributed by atoms with Gasteiger partial charge in [0.1, 0.15) is 11.3 Å². The number of aryl methyl sites for hydroxylation is 1. The third-order valence-electron chi connectivity index (χ3n) is 2.68. The molecule has 0 aliphatic rings. The van der Waals surface area contributed by atoms with E-state index in [9.17, 15) is 0 Å². The number of hydrogen-bond acceptors (Lipinski definition) is 2. The molecule has 0 fully saturated rings. The van der Waals surface area contributed by atoms with Gasteiger partial charge in [-0.3, -0.25) is 0 Å². The molecule has 3 nitrogen and oxygen atoms in total. The molecule has 1 heterocycles. The van der Waals surface area contributed by atoms with E-state index in [-0.39, 0.29) is 0 Å². The van der Waals surface area contributed by atoms with E-state index in [1.807, 2.05) is 12.1 Å². The van der Waals surface area contributed by atoms with Gasteiger partial charge in [0.2, 0.25) is 0 Å². The third-order valence-corrected chi connectivity index (χ3v) is 3.00. The van der Waals surface area contributed by atoms with Crippen molar-refractivity contribution in [3.8, 4) is 5.75 Å². The van der Waals surface area contributed by atoms with E-state index in [4.69, 9.17) is 17.0 Å². The zero-order valence-corrected chi connectivity index (χ0v) is 11.1. The number of fused-ring (bicyclic) bond motifs is 1. The lowest BCUT2D eigenvalue weighted by molar-refractivity contribution is 0.320. The fourth-order valence-electron chi connectivity index (χ4n) is 1.93. The Hall–Kier alpha value is -1.29. The van der Waals surface area contributed by atoms with Crippen molar-refractivity contribution >= 4 is 23.3 Å². The number of nitrogens with zero attached hydrogens (tertiary/aromatic N) is 1. The maximum atomic E-state index is 5.72. The molecule has 0 amide bonds. The molecular weight excluding hydrogens is 232 g/mol. The van der Waals surface area contributed by atoms with Crippen molar-refractivity contribution in [3.63, 3.8) is 0 Å². The van der Waals surface area contributed by atoms with Gasteiger partial charge in [0.15, 0.2) is 4.77 Å². The number of imidazole rings is 1. The van der Waals surface area contributed by atoms with E-state index in [2.05, 4.69) is 29.5 Å². The highest BCUT2D eigenvalue weighted by Crippen LogP contribution is 2.25. The number of ether oxygens (including phenoxy) is 1. The first-order chi connectivity index (χ1) is 8.27. The second-order valence-corrected chi connectivity index (χ2v) is 4.47. The van der Waals surface area contributed by atoms with Crippen LogP contribution in [0.15, 0.2) is 18.2 Å². The summed E-state index contributed by atoms with van der Waals surface area (Å²) in [6.45, 7) is 5.93. The SMILES string of the molecule is CCCOc1cccc2c1[nH]c(=S)n2CCC. The smallest absolute Gasteiger partial charge is 0.178 e. The van der Waals surface area contributed by atoms with Crippen LogP contribution >= 0.6 is 12.2 Å². The molecule has 1 aromatic heterocycles. The molecule has 2 aromatic rings. The van der Waals surface area contributed by atoms with Crippen LogP contribution in [-0.4, -0.2) is 16.2 Å². The predicted octanol–water partition coefficient (Wildman–Crippen LogP) is 3.90. The maximum Gasteiger partial charge on any atom is 0.178 e. The van der Waals surface area contributed by atoms with Crippen molar-refractivity contribution in [1.82, 2.24) is 9.55 Å². The van der Waals surface area contributed by atoms with Gasteiger partial charge in [0, 0.05) is 6.54 Å². The van der Waals surface area contributed by atoms with E-state index >= 15 is 0 Å². The Morgan fingerprint density at radius 2 is 2.12 bits per heavy atom. The first-order valence-corrected chi connectivity index (χ1v) is 6.53. The topological polar surface area (TPSA) is 29.9 Å². The fourth-order valence-corrected chi connectivity index (χ4v) is 2.22. The molecular formula is C13H18N2OS. The van der Waals surface area contributed by atoms with Gasteiger partial charge >= 0.3 is 0 Å². The summed E-state index contributed by atoms with van der Waals surface area (Å²) in [6, 6.07) is 6.08. The number of benzene rings is 1. The van der Waals surface area contributed by atoms with Gasteiger partial charge in [0.05, 0.1) is 12.1 Å². The summed E-state index contributed by atoms with van der Waals surface area (Å²) in [6.07, 6.45) is 2.08. The van der Waals surface area contributed by atoms with Gasteiger partial charge in [-0.25, -0.2) is 0 Å². The quantitative estimate of drug-likeness (QED) is 0.816. The fraction of sp³-hybridized carbons (Fsp3) is 0.462. The number of rotatable bonds is 5. The third kappa shape index (κ3) is 2.36. The zero-order chi connectivity index (χ0) is 12.3. The summed E-state index contributed by atoms with van der Waals surface area (Å²) in [5.41, 5.74) is 2.14. The molecule has 0 aliphatic carbocycles. The summed E-state index contributed by atoms with van der Waals surface area (Å²) in [5, 5.41) is 0. The molecule has 0 radical (unpaired) electrons. The predicted molar refractivity (Wildman–Crippen MR) is 73.2 cm³/mol. The standard InChI is InChI=1S/C13H18N2OS/c1-3-8-15-10-6-5-7-11(16-9-4-2)12(10)14-13(15)17/h5-7H,3-4,8-9H2,1-2H3,(H,14,17). The lowest BCUT2D eigenvalue weighted by Crippen LogP contribution is -1.97. The molecule has 17 heavy (non-hydrogen) atoms. The van der Waals surface area contributed by atoms with Crippen molar-refractivity contribution in [2.24, 2.45) is 0 Å². The number of aromatic nitrogens is 2. The molecule has 0 unspecified atom stereocenters. The summed E-state index contributed by atoms with van der Waals surface area (Å²) in [4.78, 5) is 3.24. The Morgan fingerprint density at radius 3 is 2.82 bits per heavy atom. The Balaban J connectivity index is 2.50. The minimum absolute atomic E-state index is 0.735.